The Kier molecular flexibility index (Phi) is 3.59. The van der Waals surface area contributed by atoms with Crippen LogP contribution in [0, 0.1) is 0 Å². The molecule has 4 rings (SSSR count). The molecular weight excluding hydrogens is 302 g/mol. The summed E-state index contributed by atoms with van der Waals surface area (Å²) in [7, 11) is 0. The highest BCUT2D eigenvalue weighted by molar-refractivity contribution is 5.94. The Bertz CT molecular complexity index is 959. The maximum absolute atomic E-state index is 12.5. The van der Waals surface area contributed by atoms with Crippen LogP contribution in [-0.2, 0) is 0 Å². The van der Waals surface area contributed by atoms with Crippen molar-refractivity contribution in [2.75, 3.05) is 0 Å². The lowest BCUT2D eigenvalue weighted by molar-refractivity contribution is 0.0942. The van der Waals surface area contributed by atoms with Crippen molar-refractivity contribution >= 4 is 16.9 Å². The van der Waals surface area contributed by atoms with Gasteiger partial charge in [0, 0.05) is 0 Å². The van der Waals surface area contributed by atoms with Crippen LogP contribution in [0.25, 0.3) is 11.0 Å². The number of carbonyl (C=O) groups excluding carboxylic acids is 1. The van der Waals surface area contributed by atoms with Crippen molar-refractivity contribution in [3.63, 3.8) is 0 Å². The summed E-state index contributed by atoms with van der Waals surface area (Å²) in [6.45, 7) is 0. The van der Waals surface area contributed by atoms with Gasteiger partial charge in [0.2, 0.25) is 0 Å². The Labute approximate surface area is 138 Å². The van der Waals surface area contributed by atoms with E-state index in [1.54, 1.807) is 12.4 Å². The summed E-state index contributed by atoms with van der Waals surface area (Å²) in [5.74, 6) is -0.178. The van der Waals surface area contributed by atoms with E-state index < -0.39 is 0 Å². The Balaban J connectivity index is 1.73. The molecule has 2 heterocycles. The third-order valence-electron chi connectivity index (χ3n) is 3.97. The highest BCUT2D eigenvalue weighted by atomic mass is 16.3. The first kappa shape index (κ1) is 14.3. The van der Waals surface area contributed by atoms with E-state index in [1.807, 2.05) is 48.5 Å². The zero-order valence-corrected chi connectivity index (χ0v) is 12.8. The molecule has 2 aromatic heterocycles. The molecule has 0 aliphatic rings. The largest absolute Gasteiger partial charge is 0.472 e. The molecule has 118 valence electrons. The molecule has 0 saturated heterocycles. The number of rotatable bonds is 4. The normalized spacial score (nSPS) is 12.2. The van der Waals surface area contributed by atoms with E-state index in [4.69, 9.17) is 4.42 Å². The average Bonchev–Trinajstić information content (AvgIpc) is 3.31. The maximum Gasteiger partial charge on any atom is 0.255 e. The van der Waals surface area contributed by atoms with Crippen LogP contribution >= 0.6 is 0 Å². The van der Waals surface area contributed by atoms with Crippen LogP contribution in [0.15, 0.2) is 77.9 Å². The number of amides is 1. The first-order chi connectivity index (χ1) is 11.8. The molecule has 1 amide bonds. The molecule has 0 unspecified atom stereocenters. The van der Waals surface area contributed by atoms with Gasteiger partial charge in [-0.2, -0.15) is 0 Å². The van der Waals surface area contributed by atoms with E-state index in [1.165, 1.54) is 12.5 Å². The lowest BCUT2D eigenvalue weighted by atomic mass is 9.98. The number of hydrogen-bond donors (Lipinski definition) is 2. The number of hydrogen-bond acceptors (Lipinski definition) is 3. The number of H-pyrrole nitrogens is 1. The number of benzene rings is 2. The quantitative estimate of drug-likeness (QED) is 0.603. The van der Waals surface area contributed by atoms with E-state index >= 15 is 0 Å². The Morgan fingerprint density at radius 3 is 2.75 bits per heavy atom. The monoisotopic (exact) mass is 317 g/mol. The summed E-state index contributed by atoms with van der Waals surface area (Å²) < 4.78 is 5.00. The van der Waals surface area contributed by atoms with Crippen molar-refractivity contribution in [1.82, 2.24) is 15.3 Å². The number of nitrogens with zero attached hydrogens (tertiary/aromatic N) is 1. The molecule has 24 heavy (non-hydrogen) atoms. The van der Waals surface area contributed by atoms with Crippen molar-refractivity contribution in [1.29, 1.82) is 0 Å². The second-order valence-electron chi connectivity index (χ2n) is 5.51. The van der Waals surface area contributed by atoms with Gasteiger partial charge in [-0.25, -0.2) is 4.98 Å². The minimum absolute atomic E-state index is 0.178. The van der Waals surface area contributed by atoms with Crippen molar-refractivity contribution in [3.8, 4) is 0 Å². The van der Waals surface area contributed by atoms with Gasteiger partial charge in [0.15, 0.2) is 0 Å². The summed E-state index contributed by atoms with van der Waals surface area (Å²) >= 11 is 0. The van der Waals surface area contributed by atoms with Crippen molar-refractivity contribution in [2.24, 2.45) is 0 Å². The fourth-order valence-corrected chi connectivity index (χ4v) is 2.75. The molecule has 2 N–H and O–H groups in total. The lowest BCUT2D eigenvalue weighted by Crippen LogP contribution is -2.29. The van der Waals surface area contributed by atoms with Crippen LogP contribution in [0.4, 0.5) is 0 Å². The number of carbonyl (C=O) groups is 1. The van der Waals surface area contributed by atoms with Gasteiger partial charge in [0.25, 0.3) is 5.91 Å². The van der Waals surface area contributed by atoms with Crippen LogP contribution in [0.5, 0.6) is 0 Å². The van der Waals surface area contributed by atoms with E-state index in [0.717, 1.165) is 22.2 Å². The molecule has 0 fully saturated rings. The molecule has 5 heteroatoms. The summed E-state index contributed by atoms with van der Waals surface area (Å²) in [5, 5.41) is 3.08. The fraction of sp³-hybridized carbons (Fsp3) is 0.0526. The third kappa shape index (κ3) is 2.67. The summed E-state index contributed by atoms with van der Waals surface area (Å²) in [6.07, 6.45) is 4.59. The molecule has 2 aromatic carbocycles. The van der Waals surface area contributed by atoms with Gasteiger partial charge in [0.05, 0.1) is 35.2 Å². The van der Waals surface area contributed by atoms with Gasteiger partial charge >= 0.3 is 0 Å². The van der Waals surface area contributed by atoms with Gasteiger partial charge < -0.3 is 14.7 Å². The standard InChI is InChI=1S/C19H15N3O2/c23-19(15-8-9-24-11-15)22-18(13-4-2-1-3-5-13)14-6-7-16-17(10-14)21-12-20-16/h1-12,18H,(H,20,21)(H,22,23)/t18-/m0/s1. The Morgan fingerprint density at radius 1 is 1.08 bits per heavy atom. The summed E-state index contributed by atoms with van der Waals surface area (Å²) in [6, 6.07) is 17.2. The van der Waals surface area contributed by atoms with Gasteiger partial charge in [-0.05, 0) is 29.3 Å². The first-order valence-corrected chi connectivity index (χ1v) is 7.62. The molecule has 0 aliphatic heterocycles. The van der Waals surface area contributed by atoms with E-state index in [-0.39, 0.29) is 11.9 Å². The van der Waals surface area contributed by atoms with Crippen LogP contribution in [-0.4, -0.2) is 15.9 Å². The van der Waals surface area contributed by atoms with E-state index in [9.17, 15) is 4.79 Å². The van der Waals surface area contributed by atoms with Crippen LogP contribution < -0.4 is 5.32 Å². The van der Waals surface area contributed by atoms with E-state index in [0.29, 0.717) is 5.56 Å². The van der Waals surface area contributed by atoms with Crippen LogP contribution in [0.2, 0.25) is 0 Å². The average molecular weight is 317 g/mol. The predicted molar refractivity (Wildman–Crippen MR) is 90.6 cm³/mol. The van der Waals surface area contributed by atoms with Gasteiger partial charge in [-0.3, -0.25) is 4.79 Å². The second kappa shape index (κ2) is 6.04. The molecule has 0 saturated carbocycles. The number of fused-ring (bicyclic) bond motifs is 1. The Hall–Kier alpha value is -3.34. The molecule has 0 bridgehead atoms. The van der Waals surface area contributed by atoms with Gasteiger partial charge in [0.1, 0.15) is 6.26 Å². The topological polar surface area (TPSA) is 70.9 Å². The number of nitrogens with one attached hydrogen (secondary N) is 2. The zero-order valence-electron chi connectivity index (χ0n) is 12.8. The molecular formula is C19H15N3O2. The number of aromatic amines is 1. The number of furan rings is 1. The fourth-order valence-electron chi connectivity index (χ4n) is 2.75. The van der Waals surface area contributed by atoms with Crippen LogP contribution in [0.1, 0.15) is 27.5 Å². The second-order valence-corrected chi connectivity index (χ2v) is 5.51. The predicted octanol–water partition coefficient (Wildman–Crippen LogP) is 3.68. The van der Waals surface area contributed by atoms with E-state index in [2.05, 4.69) is 15.3 Å². The maximum atomic E-state index is 12.5. The highest BCUT2D eigenvalue weighted by Crippen LogP contribution is 2.25. The molecule has 1 atom stereocenters. The molecule has 5 nitrogen and oxygen atoms in total. The van der Waals surface area contributed by atoms with Crippen LogP contribution in [0.3, 0.4) is 0 Å². The SMILES string of the molecule is O=C(N[C@@H](c1ccccc1)c1ccc2nc[nH]c2c1)c1ccoc1. The van der Waals surface area contributed by atoms with Crippen molar-refractivity contribution < 1.29 is 9.21 Å². The molecule has 0 spiro atoms. The lowest BCUT2D eigenvalue weighted by Gasteiger charge is -2.19. The molecule has 4 aromatic rings. The van der Waals surface area contributed by atoms with Crippen molar-refractivity contribution in [2.45, 2.75) is 6.04 Å². The summed E-state index contributed by atoms with van der Waals surface area (Å²) in [4.78, 5) is 19.8. The number of imidazole rings is 1. The third-order valence-corrected chi connectivity index (χ3v) is 3.97. The Morgan fingerprint density at radius 2 is 1.96 bits per heavy atom. The van der Waals surface area contributed by atoms with Gasteiger partial charge in [-0.1, -0.05) is 36.4 Å². The first-order valence-electron chi connectivity index (χ1n) is 7.62. The molecule has 0 aliphatic carbocycles. The highest BCUT2D eigenvalue weighted by Gasteiger charge is 2.19. The molecule has 0 radical (unpaired) electrons. The summed E-state index contributed by atoms with van der Waals surface area (Å²) in [5.41, 5.74) is 4.32. The van der Waals surface area contributed by atoms with Crippen molar-refractivity contribution in [3.05, 3.63) is 90.1 Å². The number of aromatic nitrogens is 2. The minimum atomic E-state index is -0.263. The smallest absolute Gasteiger partial charge is 0.255 e. The zero-order chi connectivity index (χ0) is 16.4. The minimum Gasteiger partial charge on any atom is -0.472 e. The van der Waals surface area contributed by atoms with Gasteiger partial charge in [-0.15, -0.1) is 0 Å².